The third-order valence-corrected chi connectivity index (χ3v) is 5.21. The third-order valence-electron chi connectivity index (χ3n) is 3.54. The van der Waals surface area contributed by atoms with Crippen LogP contribution in [-0.4, -0.2) is 33.5 Å². The number of aromatic hydroxyl groups is 1. The summed E-state index contributed by atoms with van der Waals surface area (Å²) in [6.07, 6.45) is 0. The van der Waals surface area contributed by atoms with Gasteiger partial charge in [0, 0.05) is 5.56 Å². The summed E-state index contributed by atoms with van der Waals surface area (Å²) in [6.45, 7) is 5.50. The molecule has 0 saturated carbocycles. The van der Waals surface area contributed by atoms with Gasteiger partial charge in [0.2, 0.25) is 0 Å². The van der Waals surface area contributed by atoms with Gasteiger partial charge >= 0.3 is 5.97 Å². The Hall–Kier alpha value is -1.83. The van der Waals surface area contributed by atoms with Gasteiger partial charge in [-0.1, -0.05) is 44.0 Å². The van der Waals surface area contributed by atoms with Crippen molar-refractivity contribution in [3.8, 4) is 17.2 Å². The lowest BCUT2D eigenvalue weighted by Gasteiger charge is -2.17. The summed E-state index contributed by atoms with van der Waals surface area (Å²) in [5, 5.41) is 22.3. The Balaban J connectivity index is 2.48. The number of aliphatic carboxylic acids is 1. The van der Waals surface area contributed by atoms with Crippen LogP contribution in [0.25, 0.3) is 0 Å². The van der Waals surface area contributed by atoms with E-state index in [4.69, 9.17) is 33.0 Å². The minimum absolute atomic E-state index is 0.0841. The second kappa shape index (κ2) is 9.39. The molecule has 0 amide bonds. The average molecular weight is 431 g/mol. The van der Waals surface area contributed by atoms with Crippen molar-refractivity contribution in [3.05, 3.63) is 33.8 Å². The van der Waals surface area contributed by atoms with E-state index < -0.39 is 5.97 Å². The molecule has 0 radical (unpaired) electrons. The van der Waals surface area contributed by atoms with Gasteiger partial charge < -0.3 is 20.3 Å². The van der Waals surface area contributed by atoms with Gasteiger partial charge in [0.05, 0.1) is 0 Å². The molecule has 1 aromatic carbocycles. The molecule has 0 fully saturated rings. The summed E-state index contributed by atoms with van der Waals surface area (Å²) in [7, 11) is 0. The second-order valence-corrected chi connectivity index (χ2v) is 7.89. The van der Waals surface area contributed by atoms with Crippen LogP contribution in [-0.2, 0) is 4.79 Å². The highest BCUT2D eigenvalue weighted by atomic mass is 35.5. The number of phenols is 1. The van der Waals surface area contributed by atoms with Crippen LogP contribution in [0.2, 0.25) is 10.0 Å². The van der Waals surface area contributed by atoms with Gasteiger partial charge in [-0.2, -0.15) is 0 Å². The van der Waals surface area contributed by atoms with Gasteiger partial charge in [-0.3, -0.25) is 4.79 Å². The summed E-state index contributed by atoms with van der Waals surface area (Å²) in [6, 6.07) is 4.86. The number of halogens is 2. The molecule has 146 valence electrons. The summed E-state index contributed by atoms with van der Waals surface area (Å²) in [5.41, 5.74) is 0.723. The Morgan fingerprint density at radius 1 is 1.33 bits per heavy atom. The number of thioether (sulfide) groups is 1. The number of hydrogen-bond acceptors (Lipinski definition) is 6. The summed E-state index contributed by atoms with van der Waals surface area (Å²) in [4.78, 5) is 15.2. The number of carboxylic acids is 1. The normalized spacial score (nSPS) is 10.9. The molecule has 6 nitrogen and oxygen atoms in total. The van der Waals surface area contributed by atoms with E-state index in [1.165, 1.54) is 11.8 Å². The number of aromatic nitrogens is 1. The Morgan fingerprint density at radius 3 is 2.63 bits per heavy atom. The van der Waals surface area contributed by atoms with Gasteiger partial charge in [-0.25, -0.2) is 4.98 Å². The van der Waals surface area contributed by atoms with E-state index in [0.29, 0.717) is 16.5 Å². The first-order chi connectivity index (χ1) is 12.7. The Morgan fingerprint density at radius 2 is 2.04 bits per heavy atom. The molecule has 9 heteroatoms. The highest BCUT2D eigenvalue weighted by Crippen LogP contribution is 2.45. The van der Waals surface area contributed by atoms with Crippen molar-refractivity contribution in [1.82, 2.24) is 4.98 Å². The average Bonchev–Trinajstić information content (AvgIpc) is 2.61. The van der Waals surface area contributed by atoms with Crippen LogP contribution >= 0.6 is 35.0 Å². The maximum absolute atomic E-state index is 10.9. The van der Waals surface area contributed by atoms with Crippen molar-refractivity contribution in [1.29, 1.82) is 0 Å². The van der Waals surface area contributed by atoms with Gasteiger partial charge in [0.15, 0.2) is 11.6 Å². The quantitative estimate of drug-likeness (QED) is 0.468. The number of phenolic OH excluding ortho intramolecular Hbond substituents is 1. The molecule has 0 aliphatic heterocycles. The topological polar surface area (TPSA) is 91.7 Å². The predicted molar refractivity (Wildman–Crippen MR) is 109 cm³/mol. The van der Waals surface area contributed by atoms with Gasteiger partial charge in [-0.15, -0.1) is 11.8 Å². The number of nitrogens with one attached hydrogen (secondary N) is 1. The van der Waals surface area contributed by atoms with Crippen LogP contribution in [0.5, 0.6) is 17.2 Å². The van der Waals surface area contributed by atoms with Crippen molar-refractivity contribution >= 4 is 46.8 Å². The molecular weight excluding hydrogens is 411 g/mol. The molecule has 2 aromatic rings. The maximum Gasteiger partial charge on any atom is 0.322 e. The van der Waals surface area contributed by atoms with Gasteiger partial charge in [0.1, 0.15) is 33.1 Å². The number of hydrogen-bond donors (Lipinski definition) is 3. The number of anilines is 1. The molecule has 0 atom stereocenters. The van der Waals surface area contributed by atoms with Crippen molar-refractivity contribution in [2.75, 3.05) is 17.6 Å². The maximum atomic E-state index is 10.9. The Kier molecular flexibility index (Phi) is 7.47. The first kappa shape index (κ1) is 21.5. The molecular formula is C18H20Cl2N2O4S. The third kappa shape index (κ3) is 5.34. The van der Waals surface area contributed by atoms with E-state index in [1.54, 1.807) is 18.2 Å². The Bertz CT molecular complexity index is 847. The standard InChI is InChI=1S/C18H20Cl2N2O4S/c1-4-27-18-15(20)16(14(19)17(22-18)21-8-13(24)25)26-10-5-6-12(23)11(7-10)9(2)3/h5-7,9,23H,4,8H2,1-3H3,(H,21,22)(H,24,25). The molecule has 0 spiro atoms. The lowest BCUT2D eigenvalue weighted by Crippen LogP contribution is -2.14. The number of carbonyl (C=O) groups is 1. The van der Waals surface area contributed by atoms with Crippen LogP contribution in [0.1, 0.15) is 32.3 Å². The van der Waals surface area contributed by atoms with Crippen LogP contribution in [0.3, 0.4) is 0 Å². The lowest BCUT2D eigenvalue weighted by molar-refractivity contribution is -0.134. The van der Waals surface area contributed by atoms with E-state index in [9.17, 15) is 9.90 Å². The fourth-order valence-corrected chi connectivity index (χ4v) is 3.55. The molecule has 27 heavy (non-hydrogen) atoms. The van der Waals surface area contributed by atoms with Crippen LogP contribution in [0, 0.1) is 0 Å². The SMILES string of the molecule is CCSc1nc(NCC(=O)O)c(Cl)c(Oc2ccc(O)c(C(C)C)c2)c1Cl. The van der Waals surface area contributed by atoms with Crippen molar-refractivity contribution in [2.45, 2.75) is 31.7 Å². The molecule has 0 saturated heterocycles. The zero-order chi connectivity index (χ0) is 20.1. The largest absolute Gasteiger partial charge is 0.508 e. The molecule has 2 rings (SSSR count). The highest BCUT2D eigenvalue weighted by molar-refractivity contribution is 7.99. The van der Waals surface area contributed by atoms with Crippen molar-refractivity contribution < 1.29 is 19.7 Å². The van der Waals surface area contributed by atoms with E-state index >= 15 is 0 Å². The highest BCUT2D eigenvalue weighted by Gasteiger charge is 2.21. The predicted octanol–water partition coefficient (Wildman–Crippen LogP) is 5.62. The van der Waals surface area contributed by atoms with Crippen molar-refractivity contribution in [3.63, 3.8) is 0 Å². The minimum atomic E-state index is -1.05. The first-order valence-corrected chi connectivity index (χ1v) is 9.96. The number of benzene rings is 1. The first-order valence-electron chi connectivity index (χ1n) is 8.22. The second-order valence-electron chi connectivity index (χ2n) is 5.88. The summed E-state index contributed by atoms with van der Waals surface area (Å²) in [5.74, 6) is 0.738. The fraction of sp³-hybridized carbons (Fsp3) is 0.333. The fourth-order valence-electron chi connectivity index (χ4n) is 2.28. The number of nitrogens with zero attached hydrogens (tertiary/aromatic N) is 1. The molecule has 3 N–H and O–H groups in total. The number of pyridine rings is 1. The van der Waals surface area contributed by atoms with E-state index in [0.717, 1.165) is 5.56 Å². The van der Waals surface area contributed by atoms with Crippen LogP contribution < -0.4 is 10.1 Å². The van der Waals surface area contributed by atoms with E-state index in [1.807, 2.05) is 20.8 Å². The van der Waals surface area contributed by atoms with Gasteiger partial charge in [0.25, 0.3) is 0 Å². The zero-order valence-electron chi connectivity index (χ0n) is 15.0. The molecule has 0 aliphatic carbocycles. The van der Waals surface area contributed by atoms with Crippen LogP contribution in [0.15, 0.2) is 23.2 Å². The van der Waals surface area contributed by atoms with Crippen molar-refractivity contribution in [2.24, 2.45) is 0 Å². The number of carboxylic acid groups (broad SMARTS) is 1. The van der Waals surface area contributed by atoms with E-state index in [2.05, 4.69) is 10.3 Å². The number of ether oxygens (including phenoxy) is 1. The van der Waals surface area contributed by atoms with Crippen LogP contribution in [0.4, 0.5) is 5.82 Å². The molecule has 1 aromatic heterocycles. The monoisotopic (exact) mass is 430 g/mol. The molecule has 0 unspecified atom stereocenters. The Labute approximate surface area is 171 Å². The summed E-state index contributed by atoms with van der Waals surface area (Å²) < 4.78 is 5.90. The van der Waals surface area contributed by atoms with E-state index in [-0.39, 0.29) is 39.8 Å². The molecule has 0 bridgehead atoms. The number of rotatable bonds is 8. The lowest BCUT2D eigenvalue weighted by atomic mass is 10.0. The zero-order valence-corrected chi connectivity index (χ0v) is 17.4. The molecule has 1 heterocycles. The summed E-state index contributed by atoms with van der Waals surface area (Å²) >= 11 is 14.2. The van der Waals surface area contributed by atoms with Gasteiger partial charge in [-0.05, 0) is 29.9 Å². The smallest absolute Gasteiger partial charge is 0.322 e. The molecule has 0 aliphatic rings. The minimum Gasteiger partial charge on any atom is -0.508 e.